The molecule has 0 aliphatic carbocycles. The van der Waals surface area contributed by atoms with Crippen molar-refractivity contribution in [3.05, 3.63) is 16.1 Å². The van der Waals surface area contributed by atoms with E-state index in [1.165, 1.54) is 4.88 Å². The maximum atomic E-state index is 4.10. The molecule has 0 atom stereocenters. The number of aromatic nitrogens is 1. The quantitative estimate of drug-likeness (QED) is 0.518. The summed E-state index contributed by atoms with van der Waals surface area (Å²) in [5.74, 6) is 5.95. The average molecular weight is 151 g/mol. The molecular formula is C8H9NS. The minimum atomic E-state index is 0.901. The molecule has 0 spiro atoms. The van der Waals surface area contributed by atoms with Crippen LogP contribution in [0, 0.1) is 18.8 Å². The highest BCUT2D eigenvalue weighted by Gasteiger charge is 1.90. The Bertz CT molecular complexity index is 264. The first-order valence-electron chi connectivity index (χ1n) is 3.24. The van der Waals surface area contributed by atoms with Crippen molar-refractivity contribution in [3.8, 4) is 11.8 Å². The van der Waals surface area contributed by atoms with Crippen LogP contribution in [0.2, 0.25) is 0 Å². The summed E-state index contributed by atoms with van der Waals surface area (Å²) in [6.45, 7) is 4.07. The first-order valence-corrected chi connectivity index (χ1v) is 4.06. The molecule has 1 aromatic heterocycles. The molecule has 1 heterocycles. The molecule has 0 N–H and O–H groups in total. The number of nitrogens with zero attached hydrogens (tertiary/aromatic N) is 1. The number of hydrogen-bond acceptors (Lipinski definition) is 2. The van der Waals surface area contributed by atoms with Gasteiger partial charge in [0.2, 0.25) is 0 Å². The SMILES string of the molecule is CCC#Cc1ncc(C)s1. The van der Waals surface area contributed by atoms with E-state index in [1.54, 1.807) is 11.3 Å². The first-order chi connectivity index (χ1) is 4.83. The summed E-state index contributed by atoms with van der Waals surface area (Å²) in [7, 11) is 0. The molecule has 0 aliphatic rings. The zero-order valence-electron chi connectivity index (χ0n) is 6.14. The lowest BCUT2D eigenvalue weighted by molar-refractivity contribution is 1.27. The predicted octanol–water partition coefficient (Wildman–Crippen LogP) is 2.21. The Morgan fingerprint density at radius 1 is 1.70 bits per heavy atom. The molecule has 0 saturated carbocycles. The van der Waals surface area contributed by atoms with Gasteiger partial charge in [-0.05, 0) is 12.8 Å². The summed E-state index contributed by atoms with van der Waals surface area (Å²) in [6.07, 6.45) is 2.75. The molecule has 1 nitrogen and oxygen atoms in total. The summed E-state index contributed by atoms with van der Waals surface area (Å²) >= 11 is 1.64. The molecule has 1 rings (SSSR count). The van der Waals surface area contributed by atoms with Crippen LogP contribution < -0.4 is 0 Å². The molecule has 1 aromatic rings. The second-order valence-electron chi connectivity index (χ2n) is 1.93. The average Bonchev–Trinajstić information content (AvgIpc) is 2.31. The van der Waals surface area contributed by atoms with E-state index in [0.717, 1.165) is 11.4 Å². The number of aryl methyl sites for hydroxylation is 1. The molecule has 0 bridgehead atoms. The largest absolute Gasteiger partial charge is 0.236 e. The van der Waals surface area contributed by atoms with Crippen molar-refractivity contribution in [1.82, 2.24) is 4.98 Å². The van der Waals surface area contributed by atoms with Gasteiger partial charge < -0.3 is 0 Å². The highest BCUT2D eigenvalue weighted by molar-refractivity contribution is 7.12. The summed E-state index contributed by atoms with van der Waals surface area (Å²) in [6, 6.07) is 0. The lowest BCUT2D eigenvalue weighted by Gasteiger charge is -1.72. The van der Waals surface area contributed by atoms with Gasteiger partial charge in [0.25, 0.3) is 0 Å². The fourth-order valence-corrected chi connectivity index (χ4v) is 1.22. The molecule has 0 radical (unpaired) electrons. The lowest BCUT2D eigenvalue weighted by atomic mass is 10.5. The monoisotopic (exact) mass is 151 g/mol. The van der Waals surface area contributed by atoms with Crippen molar-refractivity contribution in [3.63, 3.8) is 0 Å². The molecular weight excluding hydrogens is 142 g/mol. The van der Waals surface area contributed by atoms with E-state index < -0.39 is 0 Å². The second kappa shape index (κ2) is 3.38. The Kier molecular flexibility index (Phi) is 2.47. The Morgan fingerprint density at radius 3 is 3.00 bits per heavy atom. The van der Waals surface area contributed by atoms with E-state index in [-0.39, 0.29) is 0 Å². The molecule has 0 fully saturated rings. The molecule has 0 aromatic carbocycles. The third-order valence-corrected chi connectivity index (χ3v) is 1.82. The molecule has 0 unspecified atom stereocenters. The second-order valence-corrected chi connectivity index (χ2v) is 3.17. The van der Waals surface area contributed by atoms with Gasteiger partial charge in [0.15, 0.2) is 5.01 Å². The van der Waals surface area contributed by atoms with Crippen LogP contribution in [0.15, 0.2) is 6.20 Å². The fraction of sp³-hybridized carbons (Fsp3) is 0.375. The Balaban J connectivity index is 2.76. The van der Waals surface area contributed by atoms with Crippen LogP contribution in [0.25, 0.3) is 0 Å². The van der Waals surface area contributed by atoms with E-state index >= 15 is 0 Å². The smallest absolute Gasteiger partial charge is 0.167 e. The standard InChI is InChI=1S/C8H9NS/c1-3-4-5-8-9-6-7(2)10-8/h6H,3H2,1-2H3. The van der Waals surface area contributed by atoms with Crippen LogP contribution in [0.5, 0.6) is 0 Å². The van der Waals surface area contributed by atoms with Crippen molar-refractivity contribution in [2.24, 2.45) is 0 Å². The Morgan fingerprint density at radius 2 is 2.50 bits per heavy atom. The third kappa shape index (κ3) is 1.85. The minimum Gasteiger partial charge on any atom is -0.236 e. The highest BCUT2D eigenvalue weighted by atomic mass is 32.1. The number of hydrogen-bond donors (Lipinski definition) is 0. The zero-order valence-corrected chi connectivity index (χ0v) is 6.96. The van der Waals surface area contributed by atoms with E-state index in [2.05, 4.69) is 16.8 Å². The van der Waals surface area contributed by atoms with Crippen LogP contribution in [0.1, 0.15) is 23.2 Å². The van der Waals surface area contributed by atoms with Crippen molar-refractivity contribution in [2.45, 2.75) is 20.3 Å². The summed E-state index contributed by atoms with van der Waals surface area (Å²) < 4.78 is 0. The van der Waals surface area contributed by atoms with Crippen LogP contribution in [-0.4, -0.2) is 4.98 Å². The molecule has 0 saturated heterocycles. The maximum Gasteiger partial charge on any atom is 0.167 e. The summed E-state index contributed by atoms with van der Waals surface area (Å²) in [5.41, 5.74) is 0. The van der Waals surface area contributed by atoms with Crippen LogP contribution in [-0.2, 0) is 0 Å². The van der Waals surface area contributed by atoms with Crippen LogP contribution >= 0.6 is 11.3 Å². The highest BCUT2D eigenvalue weighted by Crippen LogP contribution is 2.08. The number of rotatable bonds is 0. The molecule has 10 heavy (non-hydrogen) atoms. The normalized spacial score (nSPS) is 8.60. The van der Waals surface area contributed by atoms with Crippen LogP contribution in [0.3, 0.4) is 0 Å². The molecule has 52 valence electrons. The van der Waals surface area contributed by atoms with E-state index in [9.17, 15) is 0 Å². The van der Waals surface area contributed by atoms with Gasteiger partial charge in [-0.15, -0.1) is 11.3 Å². The van der Waals surface area contributed by atoms with Gasteiger partial charge in [-0.25, -0.2) is 4.98 Å². The summed E-state index contributed by atoms with van der Waals surface area (Å²) in [5, 5.41) is 0.930. The minimum absolute atomic E-state index is 0.901. The van der Waals surface area contributed by atoms with E-state index in [1.807, 2.05) is 20.0 Å². The van der Waals surface area contributed by atoms with E-state index in [0.29, 0.717) is 0 Å². The van der Waals surface area contributed by atoms with Gasteiger partial charge in [0, 0.05) is 17.5 Å². The van der Waals surface area contributed by atoms with Gasteiger partial charge in [-0.2, -0.15) is 0 Å². The first kappa shape index (κ1) is 7.30. The van der Waals surface area contributed by atoms with Gasteiger partial charge in [0.1, 0.15) is 0 Å². The fourth-order valence-electron chi connectivity index (χ4n) is 0.577. The Labute approximate surface area is 65.1 Å². The molecule has 0 amide bonds. The van der Waals surface area contributed by atoms with E-state index in [4.69, 9.17) is 0 Å². The Hall–Kier alpha value is -0.810. The van der Waals surface area contributed by atoms with Crippen molar-refractivity contribution < 1.29 is 0 Å². The van der Waals surface area contributed by atoms with Gasteiger partial charge >= 0.3 is 0 Å². The molecule has 2 heteroatoms. The third-order valence-electron chi connectivity index (χ3n) is 0.993. The van der Waals surface area contributed by atoms with Gasteiger partial charge in [-0.3, -0.25) is 0 Å². The predicted molar refractivity (Wildman–Crippen MR) is 44.0 cm³/mol. The van der Waals surface area contributed by atoms with Gasteiger partial charge in [-0.1, -0.05) is 12.8 Å². The zero-order chi connectivity index (χ0) is 7.40. The molecule has 0 aliphatic heterocycles. The lowest BCUT2D eigenvalue weighted by Crippen LogP contribution is -1.65. The van der Waals surface area contributed by atoms with Crippen molar-refractivity contribution in [1.29, 1.82) is 0 Å². The summed E-state index contributed by atoms with van der Waals surface area (Å²) in [4.78, 5) is 5.32. The van der Waals surface area contributed by atoms with Gasteiger partial charge in [0.05, 0.1) is 0 Å². The topological polar surface area (TPSA) is 12.9 Å². The van der Waals surface area contributed by atoms with Crippen LogP contribution in [0.4, 0.5) is 0 Å². The van der Waals surface area contributed by atoms with Crippen molar-refractivity contribution >= 4 is 11.3 Å². The number of thiazole rings is 1. The maximum absolute atomic E-state index is 4.10. The van der Waals surface area contributed by atoms with Crippen molar-refractivity contribution in [2.75, 3.05) is 0 Å².